The molecule has 0 aliphatic heterocycles. The van der Waals surface area contributed by atoms with Crippen LogP contribution in [0, 0.1) is 0 Å². The number of carbonyl (C=O) groups is 1. The molecule has 0 aromatic heterocycles. The molecule has 84 valence electrons. The summed E-state index contributed by atoms with van der Waals surface area (Å²) in [6.45, 7) is 5.95. The highest BCUT2D eigenvalue weighted by molar-refractivity contribution is 5.53. The van der Waals surface area contributed by atoms with E-state index in [-0.39, 0.29) is 0 Å². The molecule has 0 amide bonds. The first-order valence-electron chi connectivity index (χ1n) is 5.17. The molecule has 0 unspecified atom stereocenters. The molecule has 0 radical (unpaired) electrons. The summed E-state index contributed by atoms with van der Waals surface area (Å²) in [5.74, 6) is 0. The summed E-state index contributed by atoms with van der Waals surface area (Å²) >= 11 is 0. The first-order valence-corrected chi connectivity index (χ1v) is 5.17. The first-order chi connectivity index (χ1) is 6.65. The van der Waals surface area contributed by atoms with Crippen molar-refractivity contribution >= 4 is 6.16 Å². The Morgan fingerprint density at radius 2 is 1.57 bits per heavy atom. The number of unbranched alkanes of at least 4 members (excludes halogenated alkanes) is 6. The molecule has 0 rings (SSSR count). The predicted molar refractivity (Wildman–Crippen MR) is 58.8 cm³/mol. The maximum atomic E-state index is 8.56. The molecule has 0 fully saturated rings. The zero-order chi connectivity index (χ0) is 11.2. The Hall–Kier alpha value is -0.990. The van der Waals surface area contributed by atoms with Crippen molar-refractivity contribution in [3.05, 3.63) is 12.7 Å². The zero-order valence-corrected chi connectivity index (χ0v) is 9.04. The molecule has 0 saturated heterocycles. The second kappa shape index (κ2) is 14.5. The fourth-order valence-electron chi connectivity index (χ4n) is 1.07. The highest BCUT2D eigenvalue weighted by Gasteiger charge is 1.86. The molecule has 0 bridgehead atoms. The second-order valence-electron chi connectivity index (χ2n) is 3.13. The molecule has 3 nitrogen and oxygen atoms in total. The Kier molecular flexibility index (Phi) is 16.1. The van der Waals surface area contributed by atoms with Gasteiger partial charge in [0.2, 0.25) is 0 Å². The van der Waals surface area contributed by atoms with Crippen molar-refractivity contribution in [1.82, 2.24) is 0 Å². The fourth-order valence-corrected chi connectivity index (χ4v) is 1.07. The second-order valence-corrected chi connectivity index (χ2v) is 3.13. The van der Waals surface area contributed by atoms with Gasteiger partial charge >= 0.3 is 6.16 Å². The smallest absolute Gasteiger partial charge is 0.450 e. The molecule has 0 spiro atoms. The molecular formula is C11H22O3. The Morgan fingerprint density at radius 1 is 1.14 bits per heavy atom. The van der Waals surface area contributed by atoms with Gasteiger partial charge < -0.3 is 10.2 Å². The van der Waals surface area contributed by atoms with E-state index in [1.807, 2.05) is 6.08 Å². The molecule has 0 aromatic carbocycles. The van der Waals surface area contributed by atoms with Crippen molar-refractivity contribution in [1.29, 1.82) is 0 Å². The molecule has 14 heavy (non-hydrogen) atoms. The van der Waals surface area contributed by atoms with Gasteiger partial charge in [-0.15, -0.1) is 6.58 Å². The maximum Gasteiger partial charge on any atom is 0.503 e. The lowest BCUT2D eigenvalue weighted by Gasteiger charge is -1.96. The van der Waals surface area contributed by atoms with Crippen LogP contribution in [0.4, 0.5) is 4.79 Å². The highest BCUT2D eigenvalue weighted by Crippen LogP contribution is 2.06. The quantitative estimate of drug-likeness (QED) is 0.481. The van der Waals surface area contributed by atoms with Gasteiger partial charge in [0.05, 0.1) is 0 Å². The van der Waals surface area contributed by atoms with Crippen LogP contribution in [0.25, 0.3) is 0 Å². The van der Waals surface area contributed by atoms with Crippen molar-refractivity contribution in [2.45, 2.75) is 51.9 Å². The lowest BCUT2D eigenvalue weighted by atomic mass is 10.1. The molecule has 0 heterocycles. The topological polar surface area (TPSA) is 57.5 Å². The molecular weight excluding hydrogens is 180 g/mol. The van der Waals surface area contributed by atoms with Crippen LogP contribution in [-0.4, -0.2) is 16.4 Å². The van der Waals surface area contributed by atoms with Crippen molar-refractivity contribution in [2.75, 3.05) is 0 Å². The Morgan fingerprint density at radius 3 is 2.00 bits per heavy atom. The molecule has 0 saturated carbocycles. The van der Waals surface area contributed by atoms with E-state index in [0.29, 0.717) is 0 Å². The van der Waals surface area contributed by atoms with E-state index in [4.69, 9.17) is 15.0 Å². The van der Waals surface area contributed by atoms with Crippen LogP contribution in [0.5, 0.6) is 0 Å². The summed E-state index contributed by atoms with van der Waals surface area (Å²) in [5.41, 5.74) is 0. The van der Waals surface area contributed by atoms with E-state index >= 15 is 0 Å². The van der Waals surface area contributed by atoms with Gasteiger partial charge in [0, 0.05) is 0 Å². The van der Waals surface area contributed by atoms with E-state index in [9.17, 15) is 0 Å². The average molecular weight is 202 g/mol. The lowest BCUT2D eigenvalue weighted by molar-refractivity contribution is 0.137. The largest absolute Gasteiger partial charge is 0.503 e. The number of hydrogen-bond donors (Lipinski definition) is 2. The SMILES string of the molecule is C=CCCCCCCCC.O=C(O)O. The Balaban J connectivity index is 0. The standard InChI is InChI=1S/C10H20.CH2O3/c1-3-5-7-9-10-8-6-4-2;2-1(3)4/h3H,1,4-10H2,2H3;(H2,2,3,4). The molecule has 0 atom stereocenters. The van der Waals surface area contributed by atoms with Crippen molar-refractivity contribution < 1.29 is 15.0 Å². The monoisotopic (exact) mass is 202 g/mol. The van der Waals surface area contributed by atoms with E-state index < -0.39 is 6.16 Å². The van der Waals surface area contributed by atoms with Gasteiger partial charge in [-0.1, -0.05) is 45.1 Å². The lowest BCUT2D eigenvalue weighted by Crippen LogP contribution is -1.81. The maximum absolute atomic E-state index is 8.56. The zero-order valence-electron chi connectivity index (χ0n) is 9.04. The number of rotatable bonds is 7. The summed E-state index contributed by atoms with van der Waals surface area (Å²) in [5, 5.41) is 13.9. The van der Waals surface area contributed by atoms with Crippen molar-refractivity contribution in [3.63, 3.8) is 0 Å². The molecule has 0 aromatic rings. The summed E-state index contributed by atoms with van der Waals surface area (Å²) in [7, 11) is 0. The van der Waals surface area contributed by atoms with Crippen LogP contribution in [-0.2, 0) is 0 Å². The van der Waals surface area contributed by atoms with Gasteiger partial charge in [-0.05, 0) is 12.8 Å². The Bertz CT molecular complexity index is 128. The third-order valence-electron chi connectivity index (χ3n) is 1.76. The highest BCUT2D eigenvalue weighted by atomic mass is 16.6. The molecule has 0 aliphatic carbocycles. The summed E-state index contributed by atoms with van der Waals surface area (Å²) in [4.78, 5) is 8.56. The van der Waals surface area contributed by atoms with Crippen LogP contribution in [0.2, 0.25) is 0 Å². The summed E-state index contributed by atoms with van der Waals surface area (Å²) in [6, 6.07) is 0. The van der Waals surface area contributed by atoms with Gasteiger partial charge in [0.15, 0.2) is 0 Å². The van der Waals surface area contributed by atoms with Crippen LogP contribution < -0.4 is 0 Å². The fraction of sp³-hybridized carbons (Fsp3) is 0.727. The molecule has 3 heteroatoms. The van der Waals surface area contributed by atoms with Crippen molar-refractivity contribution in [2.24, 2.45) is 0 Å². The van der Waals surface area contributed by atoms with Crippen LogP contribution in [0.1, 0.15) is 51.9 Å². The van der Waals surface area contributed by atoms with E-state index in [0.717, 1.165) is 0 Å². The van der Waals surface area contributed by atoms with Gasteiger partial charge in [-0.3, -0.25) is 0 Å². The van der Waals surface area contributed by atoms with Crippen LogP contribution in [0.15, 0.2) is 12.7 Å². The number of hydrogen-bond acceptors (Lipinski definition) is 1. The minimum absolute atomic E-state index is 1.20. The molecule has 2 N–H and O–H groups in total. The predicted octanol–water partition coefficient (Wildman–Crippen LogP) is 4.15. The normalized spacial score (nSPS) is 8.64. The van der Waals surface area contributed by atoms with Crippen molar-refractivity contribution in [3.8, 4) is 0 Å². The van der Waals surface area contributed by atoms with Gasteiger partial charge in [-0.25, -0.2) is 4.79 Å². The van der Waals surface area contributed by atoms with E-state index in [1.165, 1.54) is 44.9 Å². The van der Waals surface area contributed by atoms with Gasteiger partial charge in [0.1, 0.15) is 0 Å². The van der Waals surface area contributed by atoms with E-state index in [1.54, 1.807) is 0 Å². The van der Waals surface area contributed by atoms with Gasteiger partial charge in [0.25, 0.3) is 0 Å². The third-order valence-corrected chi connectivity index (χ3v) is 1.76. The van der Waals surface area contributed by atoms with Gasteiger partial charge in [-0.2, -0.15) is 0 Å². The van der Waals surface area contributed by atoms with Crippen LogP contribution in [0.3, 0.4) is 0 Å². The molecule has 0 aliphatic rings. The average Bonchev–Trinajstić information content (AvgIpc) is 2.10. The minimum atomic E-state index is -1.83. The number of allylic oxidation sites excluding steroid dienone is 1. The summed E-state index contributed by atoms with van der Waals surface area (Å²) in [6.07, 6.45) is 9.72. The van der Waals surface area contributed by atoms with Crippen LogP contribution >= 0.6 is 0 Å². The minimum Gasteiger partial charge on any atom is -0.450 e. The summed E-state index contributed by atoms with van der Waals surface area (Å²) < 4.78 is 0. The van der Waals surface area contributed by atoms with E-state index in [2.05, 4.69) is 13.5 Å². The number of carboxylic acid groups (broad SMARTS) is 2. The first kappa shape index (κ1) is 15.5. The third kappa shape index (κ3) is 30.5. The Labute approximate surface area is 86.5 Å².